The largest absolute Gasteiger partial charge is 0.296 e. The van der Waals surface area contributed by atoms with Crippen LogP contribution in [0.2, 0.25) is 10.0 Å². The van der Waals surface area contributed by atoms with Gasteiger partial charge < -0.3 is 0 Å². The van der Waals surface area contributed by atoms with Crippen molar-refractivity contribution in [2.75, 3.05) is 0 Å². The highest BCUT2D eigenvalue weighted by atomic mass is 35.5. The van der Waals surface area contributed by atoms with Gasteiger partial charge in [-0.1, -0.05) is 29.3 Å². The highest BCUT2D eigenvalue weighted by Crippen LogP contribution is 2.31. The molecule has 0 saturated heterocycles. The Morgan fingerprint density at radius 1 is 1.00 bits per heavy atom. The first-order chi connectivity index (χ1) is 9.06. The highest BCUT2D eigenvalue weighted by molar-refractivity contribution is 6.31. The van der Waals surface area contributed by atoms with Crippen LogP contribution in [0.3, 0.4) is 0 Å². The Labute approximate surface area is 118 Å². The molecule has 0 heterocycles. The molecular weight excluding hydrogens is 289 g/mol. The molecule has 96 valence electrons. The Kier molecular flexibility index (Phi) is 4.09. The van der Waals surface area contributed by atoms with Gasteiger partial charge in [-0.15, -0.1) is 5.11 Å². The average molecular weight is 296 g/mol. The van der Waals surface area contributed by atoms with Gasteiger partial charge in [-0.25, -0.2) is 0 Å². The summed E-state index contributed by atoms with van der Waals surface area (Å²) in [6, 6.07) is 10.8. The van der Waals surface area contributed by atoms with Crippen LogP contribution in [0.5, 0.6) is 0 Å². The van der Waals surface area contributed by atoms with Crippen LogP contribution >= 0.6 is 23.2 Å². The van der Waals surface area contributed by atoms with Crippen LogP contribution in [0.1, 0.15) is 0 Å². The number of halogens is 2. The molecule has 0 spiro atoms. The van der Waals surface area contributed by atoms with Crippen LogP contribution in [-0.4, -0.2) is 4.92 Å². The molecule has 0 saturated carbocycles. The molecule has 0 atom stereocenters. The molecule has 0 fully saturated rings. The molecule has 19 heavy (non-hydrogen) atoms. The van der Waals surface area contributed by atoms with E-state index in [1.165, 1.54) is 18.2 Å². The Balaban J connectivity index is 2.37. The zero-order valence-electron chi connectivity index (χ0n) is 9.46. The summed E-state index contributed by atoms with van der Waals surface area (Å²) in [6.45, 7) is 0. The third kappa shape index (κ3) is 3.49. The number of hydrogen-bond donors (Lipinski definition) is 0. The maximum Gasteiger partial charge on any atom is 0.296 e. The normalized spacial score (nSPS) is 10.8. The molecule has 2 rings (SSSR count). The fourth-order valence-electron chi connectivity index (χ4n) is 1.38. The minimum absolute atomic E-state index is 0.0949. The van der Waals surface area contributed by atoms with Crippen LogP contribution in [0.25, 0.3) is 0 Å². The van der Waals surface area contributed by atoms with E-state index in [-0.39, 0.29) is 11.4 Å². The third-order valence-corrected chi connectivity index (χ3v) is 2.69. The van der Waals surface area contributed by atoms with Crippen LogP contribution < -0.4 is 0 Å². The van der Waals surface area contributed by atoms with Crippen LogP contribution in [0, 0.1) is 10.1 Å². The first kappa shape index (κ1) is 13.5. The van der Waals surface area contributed by atoms with Gasteiger partial charge >= 0.3 is 0 Å². The predicted octanol–water partition coefficient (Wildman–Crippen LogP) is 5.32. The summed E-state index contributed by atoms with van der Waals surface area (Å²) in [5, 5.41) is 19.4. The Morgan fingerprint density at radius 2 is 1.74 bits per heavy atom. The van der Waals surface area contributed by atoms with Crippen molar-refractivity contribution in [2.45, 2.75) is 0 Å². The molecule has 2 aromatic rings. The van der Waals surface area contributed by atoms with E-state index in [0.29, 0.717) is 15.7 Å². The van der Waals surface area contributed by atoms with Crippen molar-refractivity contribution in [1.29, 1.82) is 0 Å². The topological polar surface area (TPSA) is 67.9 Å². The van der Waals surface area contributed by atoms with E-state index in [0.717, 1.165) is 0 Å². The second kappa shape index (κ2) is 5.77. The lowest BCUT2D eigenvalue weighted by Gasteiger charge is -1.97. The molecule has 7 heteroatoms. The maximum absolute atomic E-state index is 10.8. The number of rotatable bonds is 3. The zero-order valence-corrected chi connectivity index (χ0v) is 11.0. The van der Waals surface area contributed by atoms with Gasteiger partial charge in [0.05, 0.1) is 10.6 Å². The lowest BCUT2D eigenvalue weighted by atomic mass is 10.3. The van der Waals surface area contributed by atoms with Crippen molar-refractivity contribution in [3.63, 3.8) is 0 Å². The second-order valence-corrected chi connectivity index (χ2v) is 4.44. The fourth-order valence-corrected chi connectivity index (χ4v) is 1.73. The number of nitrogens with zero attached hydrogens (tertiary/aromatic N) is 3. The summed E-state index contributed by atoms with van der Waals surface area (Å²) in [6.07, 6.45) is 0. The molecule has 0 aliphatic heterocycles. The monoisotopic (exact) mass is 295 g/mol. The first-order valence-corrected chi connectivity index (χ1v) is 5.93. The van der Waals surface area contributed by atoms with Crippen LogP contribution in [0.15, 0.2) is 52.7 Å². The molecule has 0 unspecified atom stereocenters. The second-order valence-electron chi connectivity index (χ2n) is 3.57. The first-order valence-electron chi connectivity index (χ1n) is 5.17. The standard InChI is InChI=1S/C12H7Cl2N3O2/c13-8-2-1-3-10(6-8)15-16-11-7-9(14)4-5-12(11)17(18)19/h1-7H/b16-15+. The maximum atomic E-state index is 10.8. The predicted molar refractivity (Wildman–Crippen MR) is 73.7 cm³/mol. The smallest absolute Gasteiger partial charge is 0.258 e. The van der Waals surface area contributed by atoms with Crippen molar-refractivity contribution < 1.29 is 4.92 Å². The van der Waals surface area contributed by atoms with Gasteiger partial charge in [-0.3, -0.25) is 10.1 Å². The summed E-state index contributed by atoms with van der Waals surface area (Å²) in [7, 11) is 0. The molecule has 0 aliphatic rings. The fraction of sp³-hybridized carbons (Fsp3) is 0. The quantitative estimate of drug-likeness (QED) is 0.437. The Morgan fingerprint density at radius 3 is 2.42 bits per heavy atom. The van der Waals surface area contributed by atoms with Gasteiger partial charge in [-0.2, -0.15) is 5.11 Å². The number of azo groups is 1. The molecule has 0 aromatic heterocycles. The zero-order chi connectivity index (χ0) is 13.8. The van der Waals surface area contributed by atoms with E-state index < -0.39 is 4.92 Å². The van der Waals surface area contributed by atoms with E-state index in [1.807, 2.05) is 0 Å². The van der Waals surface area contributed by atoms with E-state index in [4.69, 9.17) is 23.2 Å². The molecule has 0 aliphatic carbocycles. The molecule has 0 N–H and O–H groups in total. The minimum atomic E-state index is -0.539. The van der Waals surface area contributed by atoms with Crippen LogP contribution in [0.4, 0.5) is 17.1 Å². The third-order valence-electron chi connectivity index (χ3n) is 2.22. The average Bonchev–Trinajstić information content (AvgIpc) is 2.36. The van der Waals surface area contributed by atoms with E-state index in [9.17, 15) is 10.1 Å². The van der Waals surface area contributed by atoms with Crippen molar-refractivity contribution in [2.24, 2.45) is 10.2 Å². The number of benzene rings is 2. The van der Waals surface area contributed by atoms with E-state index >= 15 is 0 Å². The van der Waals surface area contributed by atoms with Crippen molar-refractivity contribution in [1.82, 2.24) is 0 Å². The van der Waals surface area contributed by atoms with Gasteiger partial charge in [0.2, 0.25) is 0 Å². The summed E-state index contributed by atoms with van der Waals surface area (Å²) >= 11 is 11.6. The SMILES string of the molecule is O=[N+]([O-])c1ccc(Cl)cc1/N=N/c1cccc(Cl)c1. The van der Waals surface area contributed by atoms with E-state index in [2.05, 4.69) is 10.2 Å². The lowest BCUT2D eigenvalue weighted by molar-refractivity contribution is -0.384. The summed E-state index contributed by atoms with van der Waals surface area (Å²) in [5.41, 5.74) is 0.439. The minimum Gasteiger partial charge on any atom is -0.258 e. The Bertz CT molecular complexity index is 659. The van der Waals surface area contributed by atoms with Gasteiger partial charge in [0, 0.05) is 16.1 Å². The Hall–Kier alpha value is -1.98. The molecular formula is C12H7Cl2N3O2. The molecule has 0 amide bonds. The van der Waals surface area contributed by atoms with Gasteiger partial charge in [0.1, 0.15) is 0 Å². The van der Waals surface area contributed by atoms with Gasteiger partial charge in [0.25, 0.3) is 5.69 Å². The van der Waals surface area contributed by atoms with Crippen molar-refractivity contribution >= 4 is 40.3 Å². The number of hydrogen-bond acceptors (Lipinski definition) is 4. The van der Waals surface area contributed by atoms with Gasteiger partial charge in [0.15, 0.2) is 5.69 Å². The summed E-state index contributed by atoms with van der Waals surface area (Å²) in [5.74, 6) is 0. The molecule has 0 bridgehead atoms. The molecule has 0 radical (unpaired) electrons. The van der Waals surface area contributed by atoms with Gasteiger partial charge in [-0.05, 0) is 30.3 Å². The number of nitro groups is 1. The lowest BCUT2D eigenvalue weighted by Crippen LogP contribution is -1.87. The molecule has 5 nitrogen and oxygen atoms in total. The summed E-state index contributed by atoms with van der Waals surface area (Å²) in [4.78, 5) is 10.3. The van der Waals surface area contributed by atoms with Crippen molar-refractivity contribution in [3.05, 3.63) is 62.6 Å². The van der Waals surface area contributed by atoms with Crippen molar-refractivity contribution in [3.8, 4) is 0 Å². The number of nitro benzene ring substituents is 1. The van der Waals surface area contributed by atoms with E-state index in [1.54, 1.807) is 24.3 Å². The molecule has 2 aromatic carbocycles. The summed E-state index contributed by atoms with van der Waals surface area (Å²) < 4.78 is 0. The highest BCUT2D eigenvalue weighted by Gasteiger charge is 2.13. The van der Waals surface area contributed by atoms with Crippen LogP contribution in [-0.2, 0) is 0 Å².